The Labute approximate surface area is 165 Å². The number of rotatable bonds is 9. The van der Waals surface area contributed by atoms with Gasteiger partial charge in [0.05, 0.1) is 0 Å². The molecule has 0 radical (unpaired) electrons. The number of amides is 2. The van der Waals surface area contributed by atoms with E-state index in [-0.39, 0.29) is 11.8 Å². The summed E-state index contributed by atoms with van der Waals surface area (Å²) in [5, 5.41) is 5.78. The van der Waals surface area contributed by atoms with Gasteiger partial charge in [-0.3, -0.25) is 20.9 Å². The van der Waals surface area contributed by atoms with Gasteiger partial charge in [-0.2, -0.15) is 0 Å². The van der Waals surface area contributed by atoms with E-state index in [4.69, 9.17) is 5.84 Å². The molecule has 0 spiro atoms. The number of nitrogens with two attached hydrogens (primary N) is 1. The summed E-state index contributed by atoms with van der Waals surface area (Å²) in [6.07, 6.45) is 3.59. The number of nitrogens with one attached hydrogen (secondary N) is 3. The Morgan fingerprint density at radius 2 is 1.57 bits per heavy atom. The van der Waals surface area contributed by atoms with Crippen LogP contribution in [-0.4, -0.2) is 17.9 Å². The predicted octanol–water partition coefficient (Wildman–Crippen LogP) is 3.32. The zero-order chi connectivity index (χ0) is 19.9. The van der Waals surface area contributed by atoms with E-state index >= 15 is 0 Å². The van der Waals surface area contributed by atoms with Crippen molar-refractivity contribution in [2.75, 3.05) is 10.6 Å². The first-order valence-corrected chi connectivity index (χ1v) is 9.83. The van der Waals surface area contributed by atoms with Crippen molar-refractivity contribution >= 4 is 23.2 Å². The van der Waals surface area contributed by atoms with Crippen molar-refractivity contribution in [2.45, 2.75) is 51.0 Å². The number of hydrazine groups is 1. The maximum Gasteiger partial charge on any atom is 0.224 e. The number of benzene rings is 2. The lowest BCUT2D eigenvalue weighted by molar-refractivity contribution is -0.116. The minimum absolute atomic E-state index is 0.00505. The van der Waals surface area contributed by atoms with Crippen LogP contribution >= 0.6 is 0 Å². The lowest BCUT2D eigenvalue weighted by Gasteiger charge is -2.08. The van der Waals surface area contributed by atoms with Gasteiger partial charge in [0.25, 0.3) is 0 Å². The highest BCUT2D eigenvalue weighted by molar-refractivity contribution is 5.91. The van der Waals surface area contributed by atoms with Gasteiger partial charge in [0, 0.05) is 36.2 Å². The lowest BCUT2D eigenvalue weighted by Crippen LogP contribution is -2.25. The number of carbonyl (C=O) groups is 2. The maximum absolute atomic E-state index is 12.2. The number of hydrogen-bond acceptors (Lipinski definition) is 4. The third-order valence-corrected chi connectivity index (χ3v) is 5.06. The molecule has 1 aliphatic rings. The van der Waals surface area contributed by atoms with Crippen LogP contribution in [-0.2, 0) is 16.0 Å². The molecule has 0 saturated heterocycles. The Kier molecular flexibility index (Phi) is 6.79. The van der Waals surface area contributed by atoms with Gasteiger partial charge in [-0.25, -0.2) is 0 Å². The first kappa shape index (κ1) is 20.0. The van der Waals surface area contributed by atoms with Crippen molar-refractivity contribution in [1.82, 2.24) is 5.43 Å². The second-order valence-corrected chi connectivity index (χ2v) is 7.24. The summed E-state index contributed by atoms with van der Waals surface area (Å²) >= 11 is 0. The summed E-state index contributed by atoms with van der Waals surface area (Å²) in [5.41, 5.74) is 6.82. The molecule has 5 N–H and O–H groups in total. The minimum atomic E-state index is 0.00505. The van der Waals surface area contributed by atoms with Gasteiger partial charge >= 0.3 is 0 Å². The van der Waals surface area contributed by atoms with Crippen LogP contribution in [0.5, 0.6) is 0 Å². The van der Waals surface area contributed by atoms with E-state index in [1.165, 1.54) is 5.56 Å². The number of hydrogen-bond donors (Lipinski definition) is 4. The van der Waals surface area contributed by atoms with Crippen LogP contribution < -0.4 is 21.9 Å². The summed E-state index contributed by atoms with van der Waals surface area (Å²) in [5.74, 6) is 5.96. The molecule has 1 fully saturated rings. The Balaban J connectivity index is 1.39. The normalized spacial score (nSPS) is 17.8. The van der Waals surface area contributed by atoms with E-state index in [1.54, 1.807) is 0 Å². The topological polar surface area (TPSA) is 96.2 Å². The van der Waals surface area contributed by atoms with Gasteiger partial charge in [-0.05, 0) is 54.7 Å². The van der Waals surface area contributed by atoms with E-state index in [2.05, 4.69) is 28.2 Å². The van der Waals surface area contributed by atoms with Gasteiger partial charge in [0.15, 0.2) is 0 Å². The molecule has 28 heavy (non-hydrogen) atoms. The molecule has 2 amide bonds. The number of aryl methyl sites for hydroxylation is 1. The van der Waals surface area contributed by atoms with Crippen molar-refractivity contribution in [3.05, 3.63) is 59.7 Å². The average Bonchev–Trinajstić information content (AvgIpc) is 3.50. The second-order valence-electron chi connectivity index (χ2n) is 7.24. The third kappa shape index (κ3) is 5.65. The standard InChI is InChI=1S/C22H28N4O2/c1-2-21(27)24-17-10-6-15(7-11-17)4-3-5-22(28)25-18-12-8-16(9-13-18)19-14-20(19)26-23/h6-13,19-20,26H,2-5,14,23H2,1H3,(H,24,27)(H,25,28)/t19-,20+/m1/s1. The molecule has 3 rings (SSSR count). The molecule has 1 aliphatic carbocycles. The molecule has 0 bridgehead atoms. The summed E-state index contributed by atoms with van der Waals surface area (Å²) in [6, 6.07) is 16.1. The molecule has 0 aromatic heterocycles. The summed E-state index contributed by atoms with van der Waals surface area (Å²) in [6.45, 7) is 1.82. The van der Waals surface area contributed by atoms with Gasteiger partial charge in [0.1, 0.15) is 0 Å². The van der Waals surface area contributed by atoms with Crippen LogP contribution in [0.25, 0.3) is 0 Å². The largest absolute Gasteiger partial charge is 0.326 e. The molecule has 6 heteroatoms. The van der Waals surface area contributed by atoms with Gasteiger partial charge in [-0.1, -0.05) is 31.2 Å². The van der Waals surface area contributed by atoms with Crippen molar-refractivity contribution in [3.8, 4) is 0 Å². The van der Waals surface area contributed by atoms with Crippen molar-refractivity contribution in [1.29, 1.82) is 0 Å². The third-order valence-electron chi connectivity index (χ3n) is 5.06. The molecule has 2 atom stereocenters. The maximum atomic E-state index is 12.2. The molecule has 2 aromatic carbocycles. The second kappa shape index (κ2) is 9.48. The van der Waals surface area contributed by atoms with E-state index < -0.39 is 0 Å². The molecule has 1 saturated carbocycles. The van der Waals surface area contributed by atoms with Crippen LogP contribution in [0.1, 0.15) is 49.7 Å². The van der Waals surface area contributed by atoms with E-state index in [9.17, 15) is 9.59 Å². The SMILES string of the molecule is CCC(=O)Nc1ccc(CCCC(=O)Nc2ccc([C@H]3C[C@@H]3NN)cc2)cc1. The van der Waals surface area contributed by atoms with Crippen LogP contribution in [0.2, 0.25) is 0 Å². The Morgan fingerprint density at radius 1 is 0.964 bits per heavy atom. The number of anilines is 2. The Bertz CT molecular complexity index is 802. The molecule has 0 unspecified atom stereocenters. The Morgan fingerprint density at radius 3 is 2.14 bits per heavy atom. The van der Waals surface area contributed by atoms with Crippen LogP contribution in [0.4, 0.5) is 11.4 Å². The van der Waals surface area contributed by atoms with E-state index in [1.807, 2.05) is 43.3 Å². The van der Waals surface area contributed by atoms with Crippen LogP contribution in [0.3, 0.4) is 0 Å². The smallest absolute Gasteiger partial charge is 0.224 e. The quantitative estimate of drug-likeness (QED) is 0.396. The molecule has 0 aliphatic heterocycles. The van der Waals surface area contributed by atoms with Gasteiger partial charge in [0.2, 0.25) is 11.8 Å². The van der Waals surface area contributed by atoms with Crippen molar-refractivity contribution < 1.29 is 9.59 Å². The molecule has 0 heterocycles. The fraction of sp³-hybridized carbons (Fsp3) is 0.364. The van der Waals surface area contributed by atoms with Crippen LogP contribution in [0.15, 0.2) is 48.5 Å². The van der Waals surface area contributed by atoms with Crippen molar-refractivity contribution in [2.24, 2.45) is 5.84 Å². The minimum Gasteiger partial charge on any atom is -0.326 e. The fourth-order valence-electron chi connectivity index (χ4n) is 3.24. The molecule has 148 valence electrons. The molecule has 6 nitrogen and oxygen atoms in total. The van der Waals surface area contributed by atoms with Crippen molar-refractivity contribution in [3.63, 3.8) is 0 Å². The van der Waals surface area contributed by atoms with Gasteiger partial charge in [-0.15, -0.1) is 0 Å². The van der Waals surface area contributed by atoms with E-state index in [0.29, 0.717) is 24.8 Å². The van der Waals surface area contributed by atoms with Crippen LogP contribution in [0, 0.1) is 0 Å². The first-order valence-electron chi connectivity index (χ1n) is 9.83. The Hall–Kier alpha value is -2.70. The monoisotopic (exact) mass is 380 g/mol. The predicted molar refractivity (Wildman–Crippen MR) is 112 cm³/mol. The van der Waals surface area contributed by atoms with Gasteiger partial charge < -0.3 is 10.6 Å². The zero-order valence-corrected chi connectivity index (χ0v) is 16.2. The highest BCUT2D eigenvalue weighted by Gasteiger charge is 2.37. The summed E-state index contributed by atoms with van der Waals surface area (Å²) in [7, 11) is 0. The lowest BCUT2D eigenvalue weighted by atomic mass is 10.1. The summed E-state index contributed by atoms with van der Waals surface area (Å²) in [4.78, 5) is 23.5. The molecular formula is C22H28N4O2. The number of carbonyl (C=O) groups excluding carboxylic acids is 2. The molecule has 2 aromatic rings. The molecular weight excluding hydrogens is 352 g/mol. The fourth-order valence-corrected chi connectivity index (χ4v) is 3.24. The highest BCUT2D eigenvalue weighted by atomic mass is 16.2. The first-order chi connectivity index (χ1) is 13.6. The van der Waals surface area contributed by atoms with E-state index in [0.717, 1.165) is 36.2 Å². The average molecular weight is 380 g/mol. The highest BCUT2D eigenvalue weighted by Crippen LogP contribution is 2.40. The zero-order valence-electron chi connectivity index (χ0n) is 16.2. The summed E-state index contributed by atoms with van der Waals surface area (Å²) < 4.78 is 0.